The first-order valence-corrected chi connectivity index (χ1v) is 5.24. The van der Waals surface area contributed by atoms with Gasteiger partial charge in [0.2, 0.25) is 11.8 Å². The van der Waals surface area contributed by atoms with Crippen molar-refractivity contribution in [2.75, 3.05) is 26.8 Å². The van der Waals surface area contributed by atoms with Crippen molar-refractivity contribution in [2.45, 2.75) is 25.8 Å². The third kappa shape index (κ3) is 3.20. The van der Waals surface area contributed by atoms with Crippen LogP contribution in [0.4, 0.5) is 0 Å². The predicted molar refractivity (Wildman–Crippen MR) is 55.3 cm³/mol. The molecule has 0 aromatic rings. The average molecular weight is 214 g/mol. The fraction of sp³-hybridized carbons (Fsp3) is 0.800. The van der Waals surface area contributed by atoms with Crippen molar-refractivity contribution in [3.63, 3.8) is 0 Å². The molecule has 1 rings (SSSR count). The molecule has 1 aliphatic rings. The molecule has 0 spiro atoms. The first-order chi connectivity index (χ1) is 7.19. The van der Waals surface area contributed by atoms with Gasteiger partial charge in [-0.15, -0.1) is 0 Å². The maximum atomic E-state index is 11.7. The fourth-order valence-electron chi connectivity index (χ4n) is 1.72. The van der Waals surface area contributed by atoms with E-state index >= 15 is 0 Å². The maximum Gasteiger partial charge on any atom is 0.242 e. The highest BCUT2D eigenvalue weighted by atomic mass is 16.5. The molecule has 5 nitrogen and oxygen atoms in total. The first kappa shape index (κ1) is 12.0. The molecule has 1 fully saturated rings. The van der Waals surface area contributed by atoms with Crippen molar-refractivity contribution >= 4 is 11.8 Å². The van der Waals surface area contributed by atoms with Crippen molar-refractivity contribution in [1.29, 1.82) is 0 Å². The Hall–Kier alpha value is -1.10. The van der Waals surface area contributed by atoms with Crippen LogP contribution in [0.5, 0.6) is 0 Å². The summed E-state index contributed by atoms with van der Waals surface area (Å²) in [6, 6.07) is 0.0789. The van der Waals surface area contributed by atoms with Crippen LogP contribution in [0, 0.1) is 0 Å². The Morgan fingerprint density at radius 1 is 1.53 bits per heavy atom. The van der Waals surface area contributed by atoms with Gasteiger partial charge in [0.05, 0.1) is 19.2 Å². The normalized spacial score (nSPS) is 19.7. The lowest BCUT2D eigenvalue weighted by atomic mass is 10.2. The van der Waals surface area contributed by atoms with Gasteiger partial charge >= 0.3 is 0 Å². The number of rotatable bonds is 4. The molecule has 1 N–H and O–H groups in total. The fourth-order valence-corrected chi connectivity index (χ4v) is 1.72. The quantitative estimate of drug-likeness (QED) is 0.702. The molecule has 1 aliphatic heterocycles. The Morgan fingerprint density at radius 2 is 2.27 bits per heavy atom. The Labute approximate surface area is 89.8 Å². The monoisotopic (exact) mass is 214 g/mol. The summed E-state index contributed by atoms with van der Waals surface area (Å²) in [4.78, 5) is 24.5. The molecule has 2 amide bonds. The standard InChI is InChI=1S/C10H18N2O3/c1-3-8(7-15-2)12-5-4-9(13)11-6-10(12)14/h8H,3-7H2,1-2H3,(H,11,13). The van der Waals surface area contributed by atoms with Gasteiger partial charge in [0, 0.05) is 20.1 Å². The zero-order chi connectivity index (χ0) is 11.3. The van der Waals surface area contributed by atoms with Crippen LogP contribution in [0.15, 0.2) is 0 Å². The van der Waals surface area contributed by atoms with Crippen molar-refractivity contribution < 1.29 is 14.3 Å². The van der Waals surface area contributed by atoms with E-state index in [-0.39, 0.29) is 24.4 Å². The predicted octanol–water partition coefficient (Wildman–Crippen LogP) is -0.240. The minimum Gasteiger partial charge on any atom is -0.383 e. The number of nitrogens with one attached hydrogen (secondary N) is 1. The molecule has 0 aromatic heterocycles. The number of nitrogens with zero attached hydrogens (tertiary/aromatic N) is 1. The third-order valence-corrected chi connectivity index (χ3v) is 2.61. The Kier molecular flexibility index (Phi) is 4.55. The van der Waals surface area contributed by atoms with Crippen LogP contribution < -0.4 is 5.32 Å². The lowest BCUT2D eigenvalue weighted by Crippen LogP contribution is -2.44. The molecule has 1 saturated heterocycles. The van der Waals surface area contributed by atoms with Crippen molar-refractivity contribution in [1.82, 2.24) is 10.2 Å². The van der Waals surface area contributed by atoms with E-state index in [0.29, 0.717) is 19.6 Å². The topological polar surface area (TPSA) is 58.6 Å². The van der Waals surface area contributed by atoms with Gasteiger partial charge in [0.15, 0.2) is 0 Å². The molecule has 15 heavy (non-hydrogen) atoms. The molecule has 1 atom stereocenters. The lowest BCUT2D eigenvalue weighted by Gasteiger charge is -2.28. The van der Waals surface area contributed by atoms with Gasteiger partial charge in [0.1, 0.15) is 0 Å². The number of carbonyl (C=O) groups is 2. The average Bonchev–Trinajstić information content (AvgIpc) is 2.39. The van der Waals surface area contributed by atoms with E-state index in [9.17, 15) is 9.59 Å². The number of hydrogen-bond acceptors (Lipinski definition) is 3. The molecular weight excluding hydrogens is 196 g/mol. The zero-order valence-corrected chi connectivity index (χ0v) is 9.28. The number of carbonyl (C=O) groups excluding carboxylic acids is 2. The molecule has 1 unspecified atom stereocenters. The number of ether oxygens (including phenoxy) is 1. The van der Waals surface area contributed by atoms with Crippen molar-refractivity contribution in [3.05, 3.63) is 0 Å². The maximum absolute atomic E-state index is 11.7. The van der Waals surface area contributed by atoms with Crippen LogP contribution in [0.3, 0.4) is 0 Å². The smallest absolute Gasteiger partial charge is 0.242 e. The SMILES string of the molecule is CCC(COC)N1CCC(=O)NCC1=O. The lowest BCUT2D eigenvalue weighted by molar-refractivity contribution is -0.133. The highest BCUT2D eigenvalue weighted by Gasteiger charge is 2.25. The van der Waals surface area contributed by atoms with Gasteiger partial charge in [0.25, 0.3) is 0 Å². The summed E-state index contributed by atoms with van der Waals surface area (Å²) in [5.41, 5.74) is 0. The highest BCUT2D eigenvalue weighted by Crippen LogP contribution is 2.08. The first-order valence-electron chi connectivity index (χ1n) is 5.24. The van der Waals surface area contributed by atoms with Gasteiger partial charge in [-0.1, -0.05) is 6.92 Å². The van der Waals surface area contributed by atoms with Crippen molar-refractivity contribution in [2.24, 2.45) is 0 Å². The Balaban J connectivity index is 2.63. The summed E-state index contributed by atoms with van der Waals surface area (Å²) in [6.07, 6.45) is 1.22. The van der Waals surface area contributed by atoms with Gasteiger partial charge in [-0.2, -0.15) is 0 Å². The number of amides is 2. The largest absolute Gasteiger partial charge is 0.383 e. The van der Waals surface area contributed by atoms with E-state index in [1.165, 1.54) is 0 Å². The molecule has 86 valence electrons. The van der Waals surface area contributed by atoms with Crippen LogP contribution in [0.2, 0.25) is 0 Å². The molecule has 5 heteroatoms. The van der Waals surface area contributed by atoms with E-state index in [2.05, 4.69) is 5.32 Å². The Bertz CT molecular complexity index is 243. The minimum atomic E-state index is -0.0573. The van der Waals surface area contributed by atoms with Crippen LogP contribution >= 0.6 is 0 Å². The summed E-state index contributed by atoms with van der Waals surface area (Å²) in [5, 5.41) is 2.57. The van der Waals surface area contributed by atoms with Gasteiger partial charge < -0.3 is 15.0 Å². The van der Waals surface area contributed by atoms with Crippen LogP contribution in [0.1, 0.15) is 19.8 Å². The second-order valence-corrected chi connectivity index (χ2v) is 3.63. The molecular formula is C10H18N2O3. The second kappa shape index (κ2) is 5.70. The van der Waals surface area contributed by atoms with E-state index in [1.54, 1.807) is 12.0 Å². The number of hydrogen-bond donors (Lipinski definition) is 1. The third-order valence-electron chi connectivity index (χ3n) is 2.61. The van der Waals surface area contributed by atoms with E-state index in [4.69, 9.17) is 4.74 Å². The van der Waals surface area contributed by atoms with E-state index < -0.39 is 0 Å². The minimum absolute atomic E-state index is 0.0234. The second-order valence-electron chi connectivity index (χ2n) is 3.63. The Morgan fingerprint density at radius 3 is 2.87 bits per heavy atom. The van der Waals surface area contributed by atoms with Crippen LogP contribution in [0.25, 0.3) is 0 Å². The summed E-state index contributed by atoms with van der Waals surface area (Å²) in [5.74, 6) is -0.0807. The molecule has 0 radical (unpaired) electrons. The van der Waals surface area contributed by atoms with Crippen LogP contribution in [-0.2, 0) is 14.3 Å². The van der Waals surface area contributed by atoms with Crippen molar-refractivity contribution in [3.8, 4) is 0 Å². The molecule has 0 aromatic carbocycles. The van der Waals surface area contributed by atoms with E-state index in [1.807, 2.05) is 6.92 Å². The molecule has 0 bridgehead atoms. The van der Waals surface area contributed by atoms with Gasteiger partial charge in [-0.3, -0.25) is 9.59 Å². The zero-order valence-electron chi connectivity index (χ0n) is 9.28. The molecule has 0 saturated carbocycles. The number of methoxy groups -OCH3 is 1. The van der Waals surface area contributed by atoms with Crippen LogP contribution in [-0.4, -0.2) is 49.6 Å². The van der Waals surface area contributed by atoms with E-state index in [0.717, 1.165) is 6.42 Å². The van der Waals surface area contributed by atoms with Gasteiger partial charge in [-0.05, 0) is 6.42 Å². The summed E-state index contributed by atoms with van der Waals surface area (Å²) in [6.45, 7) is 3.14. The summed E-state index contributed by atoms with van der Waals surface area (Å²) < 4.78 is 5.06. The summed E-state index contributed by atoms with van der Waals surface area (Å²) in [7, 11) is 1.62. The van der Waals surface area contributed by atoms with Gasteiger partial charge in [-0.25, -0.2) is 0 Å². The highest BCUT2D eigenvalue weighted by molar-refractivity contribution is 5.87. The molecule has 0 aliphatic carbocycles. The molecule has 1 heterocycles. The summed E-state index contributed by atoms with van der Waals surface area (Å²) >= 11 is 0.